The molecule has 0 bridgehead atoms. The quantitative estimate of drug-likeness (QED) is 0.615. The highest BCUT2D eigenvalue weighted by atomic mass is 35.5. The predicted octanol–water partition coefficient (Wildman–Crippen LogP) is 4.92. The van der Waals surface area contributed by atoms with E-state index in [1.54, 1.807) is 12.1 Å². The first kappa shape index (κ1) is 20.2. The lowest BCUT2D eigenvalue weighted by molar-refractivity contribution is -0.123. The largest absolute Gasteiger partial charge is 0.476 e. The fraction of sp³-hybridized carbons (Fsp3) is 0.238. The first-order valence-corrected chi connectivity index (χ1v) is 9.53. The zero-order valence-electron chi connectivity index (χ0n) is 15.4. The molecule has 0 saturated heterocycles. The van der Waals surface area contributed by atoms with Crippen LogP contribution in [0.2, 0.25) is 10.0 Å². The molecular formula is C21H19Cl2NO4. The Bertz CT molecular complexity index is 1060. The fourth-order valence-corrected chi connectivity index (χ4v) is 3.16. The van der Waals surface area contributed by atoms with Crippen LogP contribution in [-0.4, -0.2) is 19.1 Å². The average molecular weight is 420 g/mol. The van der Waals surface area contributed by atoms with Crippen LogP contribution in [0, 0.1) is 5.92 Å². The molecule has 0 radical (unpaired) electrons. The van der Waals surface area contributed by atoms with Crippen LogP contribution in [0.4, 0.5) is 0 Å². The first-order valence-electron chi connectivity index (χ1n) is 8.77. The van der Waals surface area contributed by atoms with E-state index in [1.807, 2.05) is 32.0 Å². The van der Waals surface area contributed by atoms with E-state index in [9.17, 15) is 9.59 Å². The van der Waals surface area contributed by atoms with Crippen LogP contribution in [0.25, 0.3) is 22.3 Å². The van der Waals surface area contributed by atoms with E-state index in [0.29, 0.717) is 23.0 Å². The number of hydrogen-bond donors (Lipinski definition) is 1. The van der Waals surface area contributed by atoms with E-state index >= 15 is 0 Å². The van der Waals surface area contributed by atoms with Crippen LogP contribution in [-0.2, 0) is 4.79 Å². The van der Waals surface area contributed by atoms with Gasteiger partial charge in [-0.1, -0.05) is 67.4 Å². The summed E-state index contributed by atoms with van der Waals surface area (Å²) in [6, 6.07) is 12.0. The van der Waals surface area contributed by atoms with Crippen molar-refractivity contribution in [2.24, 2.45) is 5.92 Å². The van der Waals surface area contributed by atoms with E-state index in [0.717, 1.165) is 0 Å². The van der Waals surface area contributed by atoms with E-state index in [4.69, 9.17) is 32.4 Å². The summed E-state index contributed by atoms with van der Waals surface area (Å²) in [4.78, 5) is 25.1. The van der Waals surface area contributed by atoms with Crippen molar-refractivity contribution in [1.82, 2.24) is 5.32 Å². The van der Waals surface area contributed by atoms with Gasteiger partial charge in [-0.3, -0.25) is 9.59 Å². The Kier molecular flexibility index (Phi) is 6.27. The van der Waals surface area contributed by atoms with Crippen molar-refractivity contribution in [2.45, 2.75) is 13.8 Å². The van der Waals surface area contributed by atoms with Crippen molar-refractivity contribution in [3.8, 4) is 17.1 Å². The second kappa shape index (κ2) is 8.67. The van der Waals surface area contributed by atoms with Crippen molar-refractivity contribution in [3.05, 3.63) is 62.7 Å². The fourth-order valence-electron chi connectivity index (χ4n) is 2.62. The Morgan fingerprint density at radius 2 is 1.89 bits per heavy atom. The van der Waals surface area contributed by atoms with Crippen molar-refractivity contribution >= 4 is 40.1 Å². The second-order valence-electron chi connectivity index (χ2n) is 6.71. The summed E-state index contributed by atoms with van der Waals surface area (Å²) < 4.78 is 11.5. The molecule has 1 amide bonds. The number of hydrogen-bond acceptors (Lipinski definition) is 4. The number of carbonyl (C=O) groups is 1. The van der Waals surface area contributed by atoms with Gasteiger partial charge in [0, 0.05) is 17.1 Å². The smallest absolute Gasteiger partial charge is 0.257 e. The standard InChI is InChI=1S/C21H19Cl2NO4/c1-12(2)10-24-17(25)11-27-21-18(26)15-8-14(22)9-16(23)20(15)28-19(21)13-6-4-3-5-7-13/h3-9,12H,10-11H2,1-2H3,(H,24,25). The summed E-state index contributed by atoms with van der Waals surface area (Å²) in [6.07, 6.45) is 0. The average Bonchev–Trinajstić information content (AvgIpc) is 2.66. The summed E-state index contributed by atoms with van der Waals surface area (Å²) in [5.41, 5.74) is 0.401. The van der Waals surface area contributed by atoms with Crippen molar-refractivity contribution in [3.63, 3.8) is 0 Å². The zero-order chi connectivity index (χ0) is 20.3. The Hall–Kier alpha value is -2.50. The van der Waals surface area contributed by atoms with Crippen LogP contribution in [0.1, 0.15) is 13.8 Å². The number of amides is 1. The van der Waals surface area contributed by atoms with Gasteiger partial charge in [0.1, 0.15) is 0 Å². The van der Waals surface area contributed by atoms with Crippen molar-refractivity contribution in [2.75, 3.05) is 13.2 Å². The maximum Gasteiger partial charge on any atom is 0.257 e. The molecule has 1 N–H and O–H groups in total. The molecular weight excluding hydrogens is 401 g/mol. The molecule has 2 aromatic carbocycles. The summed E-state index contributed by atoms with van der Waals surface area (Å²) in [5.74, 6) is 0.130. The van der Waals surface area contributed by atoms with Crippen LogP contribution in [0.5, 0.6) is 5.75 Å². The van der Waals surface area contributed by atoms with Crippen LogP contribution < -0.4 is 15.5 Å². The molecule has 7 heteroatoms. The van der Waals surface area contributed by atoms with Gasteiger partial charge in [0.05, 0.1) is 10.4 Å². The summed E-state index contributed by atoms with van der Waals surface area (Å²) in [5, 5.41) is 3.46. The highest BCUT2D eigenvalue weighted by molar-refractivity contribution is 6.38. The monoisotopic (exact) mass is 419 g/mol. The van der Waals surface area contributed by atoms with Gasteiger partial charge in [-0.2, -0.15) is 0 Å². The minimum atomic E-state index is -0.443. The summed E-state index contributed by atoms with van der Waals surface area (Å²) in [7, 11) is 0. The Morgan fingerprint density at radius 1 is 1.18 bits per heavy atom. The minimum absolute atomic E-state index is 0.0586. The third kappa shape index (κ3) is 4.49. The molecule has 3 rings (SSSR count). The number of nitrogens with one attached hydrogen (secondary N) is 1. The minimum Gasteiger partial charge on any atom is -0.476 e. The van der Waals surface area contributed by atoms with Gasteiger partial charge in [0.15, 0.2) is 18.0 Å². The number of fused-ring (bicyclic) bond motifs is 1. The molecule has 5 nitrogen and oxygen atoms in total. The lowest BCUT2D eigenvalue weighted by Gasteiger charge is -2.13. The molecule has 1 heterocycles. The normalized spacial score (nSPS) is 11.0. The van der Waals surface area contributed by atoms with E-state index in [2.05, 4.69) is 5.32 Å². The molecule has 0 fully saturated rings. The number of halogens is 2. The molecule has 0 unspecified atom stereocenters. The van der Waals surface area contributed by atoms with Gasteiger partial charge in [-0.15, -0.1) is 0 Å². The van der Waals surface area contributed by atoms with Crippen molar-refractivity contribution < 1.29 is 13.9 Å². The summed E-state index contributed by atoms with van der Waals surface area (Å²) >= 11 is 12.3. The van der Waals surface area contributed by atoms with Gasteiger partial charge in [-0.05, 0) is 18.1 Å². The van der Waals surface area contributed by atoms with Gasteiger partial charge in [0.2, 0.25) is 11.2 Å². The number of carbonyl (C=O) groups excluding carboxylic acids is 1. The zero-order valence-corrected chi connectivity index (χ0v) is 16.9. The Balaban J connectivity index is 2.07. The predicted molar refractivity (Wildman–Crippen MR) is 111 cm³/mol. The topological polar surface area (TPSA) is 68.5 Å². The molecule has 0 aliphatic rings. The maximum atomic E-state index is 13.1. The molecule has 146 valence electrons. The molecule has 0 atom stereocenters. The van der Waals surface area contributed by atoms with Gasteiger partial charge < -0.3 is 14.5 Å². The number of benzene rings is 2. The highest BCUT2D eigenvalue weighted by Gasteiger charge is 2.20. The van der Waals surface area contributed by atoms with E-state index in [-0.39, 0.29) is 40.0 Å². The number of ether oxygens (including phenoxy) is 1. The van der Waals surface area contributed by atoms with Crippen LogP contribution >= 0.6 is 23.2 Å². The van der Waals surface area contributed by atoms with Gasteiger partial charge in [-0.25, -0.2) is 0 Å². The maximum absolute atomic E-state index is 13.1. The molecule has 0 saturated carbocycles. The molecule has 0 aliphatic carbocycles. The molecule has 28 heavy (non-hydrogen) atoms. The Morgan fingerprint density at radius 3 is 2.57 bits per heavy atom. The molecule has 3 aromatic rings. The van der Waals surface area contributed by atoms with Crippen molar-refractivity contribution in [1.29, 1.82) is 0 Å². The third-order valence-electron chi connectivity index (χ3n) is 3.96. The Labute approximate surface area is 172 Å². The van der Waals surface area contributed by atoms with Crippen LogP contribution in [0.15, 0.2) is 51.7 Å². The molecule has 0 aliphatic heterocycles. The van der Waals surface area contributed by atoms with Gasteiger partial charge in [0.25, 0.3) is 5.91 Å². The van der Waals surface area contributed by atoms with E-state index < -0.39 is 5.43 Å². The SMILES string of the molecule is CC(C)CNC(=O)COc1c(-c2ccccc2)oc2c(Cl)cc(Cl)cc2c1=O. The molecule has 1 aromatic heterocycles. The van der Waals surface area contributed by atoms with Crippen LogP contribution in [0.3, 0.4) is 0 Å². The first-order chi connectivity index (χ1) is 13.4. The third-order valence-corrected chi connectivity index (χ3v) is 4.46. The summed E-state index contributed by atoms with van der Waals surface area (Å²) in [6.45, 7) is 4.18. The highest BCUT2D eigenvalue weighted by Crippen LogP contribution is 2.34. The molecule has 0 spiro atoms. The van der Waals surface area contributed by atoms with E-state index in [1.165, 1.54) is 12.1 Å². The lowest BCUT2D eigenvalue weighted by Crippen LogP contribution is -2.32. The lowest BCUT2D eigenvalue weighted by atomic mass is 10.1. The number of rotatable bonds is 6. The van der Waals surface area contributed by atoms with Gasteiger partial charge >= 0.3 is 0 Å². The second-order valence-corrected chi connectivity index (χ2v) is 7.55.